The molecular formula is C14H25NO2. The molecule has 1 aromatic heterocycles. The number of hydrogen-bond acceptors (Lipinski definition) is 3. The van der Waals surface area contributed by atoms with Gasteiger partial charge in [0, 0.05) is 12.6 Å². The van der Waals surface area contributed by atoms with Crippen LogP contribution in [-0.2, 0) is 4.74 Å². The average molecular weight is 239 g/mol. The van der Waals surface area contributed by atoms with Crippen LogP contribution in [0.2, 0.25) is 0 Å². The third-order valence-electron chi connectivity index (χ3n) is 2.91. The summed E-state index contributed by atoms with van der Waals surface area (Å²) in [4.78, 5) is 0. The van der Waals surface area contributed by atoms with Crippen LogP contribution in [0.3, 0.4) is 0 Å². The predicted molar refractivity (Wildman–Crippen MR) is 69.7 cm³/mol. The Kier molecular flexibility index (Phi) is 6.30. The van der Waals surface area contributed by atoms with Crippen LogP contribution < -0.4 is 5.73 Å². The maximum atomic E-state index is 6.07. The third kappa shape index (κ3) is 4.92. The van der Waals surface area contributed by atoms with Gasteiger partial charge in [0.1, 0.15) is 11.9 Å². The standard InChI is InChI=1S/C14H25NO2/c1-4-12(15)14(13-8-6-9-16-13)17-10-5-7-11(2)3/h6,8-9,11-12,14H,4-5,7,10,15H2,1-3H3. The monoisotopic (exact) mass is 239 g/mol. The summed E-state index contributed by atoms with van der Waals surface area (Å²) in [6, 6.07) is 3.81. The van der Waals surface area contributed by atoms with E-state index in [1.807, 2.05) is 12.1 Å². The topological polar surface area (TPSA) is 48.4 Å². The van der Waals surface area contributed by atoms with E-state index < -0.39 is 0 Å². The van der Waals surface area contributed by atoms with Gasteiger partial charge in [-0.3, -0.25) is 0 Å². The second kappa shape index (κ2) is 7.51. The van der Waals surface area contributed by atoms with Crippen LogP contribution in [0.15, 0.2) is 22.8 Å². The highest BCUT2D eigenvalue weighted by atomic mass is 16.5. The lowest BCUT2D eigenvalue weighted by Crippen LogP contribution is -2.29. The summed E-state index contributed by atoms with van der Waals surface area (Å²) in [5.74, 6) is 1.56. The van der Waals surface area contributed by atoms with Crippen LogP contribution in [0.1, 0.15) is 51.9 Å². The molecule has 2 atom stereocenters. The molecule has 1 heterocycles. The van der Waals surface area contributed by atoms with Crippen molar-refractivity contribution in [3.05, 3.63) is 24.2 Å². The molecule has 0 fully saturated rings. The molecule has 3 heteroatoms. The Morgan fingerprint density at radius 2 is 2.18 bits per heavy atom. The molecule has 0 bridgehead atoms. The fourth-order valence-electron chi connectivity index (χ4n) is 1.79. The SMILES string of the molecule is CCC(N)C(OCCCC(C)C)c1ccco1. The molecule has 1 rings (SSSR count). The summed E-state index contributed by atoms with van der Waals surface area (Å²) in [6.07, 6.45) is 4.71. The van der Waals surface area contributed by atoms with Crippen molar-refractivity contribution >= 4 is 0 Å². The van der Waals surface area contributed by atoms with E-state index in [2.05, 4.69) is 20.8 Å². The van der Waals surface area contributed by atoms with Gasteiger partial charge in [0.05, 0.1) is 6.26 Å². The van der Waals surface area contributed by atoms with Gasteiger partial charge in [-0.15, -0.1) is 0 Å². The van der Waals surface area contributed by atoms with E-state index >= 15 is 0 Å². The van der Waals surface area contributed by atoms with E-state index in [1.165, 1.54) is 6.42 Å². The van der Waals surface area contributed by atoms with Crippen LogP contribution in [0.25, 0.3) is 0 Å². The maximum absolute atomic E-state index is 6.07. The molecule has 2 N–H and O–H groups in total. The molecule has 98 valence electrons. The van der Waals surface area contributed by atoms with Crippen molar-refractivity contribution < 1.29 is 9.15 Å². The second-order valence-corrected chi connectivity index (χ2v) is 4.91. The Bertz CT molecular complexity index is 282. The molecule has 3 nitrogen and oxygen atoms in total. The molecule has 0 amide bonds. The van der Waals surface area contributed by atoms with Crippen LogP contribution in [0, 0.1) is 5.92 Å². The largest absolute Gasteiger partial charge is 0.467 e. The number of furan rings is 1. The minimum atomic E-state index is -0.109. The quantitative estimate of drug-likeness (QED) is 0.706. The van der Waals surface area contributed by atoms with E-state index in [-0.39, 0.29) is 12.1 Å². The van der Waals surface area contributed by atoms with E-state index in [9.17, 15) is 0 Å². The van der Waals surface area contributed by atoms with E-state index in [0.29, 0.717) is 0 Å². The van der Waals surface area contributed by atoms with Gasteiger partial charge in [0.15, 0.2) is 0 Å². The molecule has 0 aliphatic carbocycles. The molecule has 0 aliphatic rings. The van der Waals surface area contributed by atoms with E-state index in [4.69, 9.17) is 14.9 Å². The first kappa shape index (κ1) is 14.3. The Labute approximate surface area is 104 Å². The van der Waals surface area contributed by atoms with Crippen molar-refractivity contribution in [1.29, 1.82) is 0 Å². The van der Waals surface area contributed by atoms with Gasteiger partial charge in [-0.2, -0.15) is 0 Å². The smallest absolute Gasteiger partial charge is 0.134 e. The summed E-state index contributed by atoms with van der Waals surface area (Å²) >= 11 is 0. The van der Waals surface area contributed by atoms with E-state index in [0.717, 1.165) is 31.1 Å². The van der Waals surface area contributed by atoms with Crippen LogP contribution >= 0.6 is 0 Å². The van der Waals surface area contributed by atoms with Gasteiger partial charge in [0.2, 0.25) is 0 Å². The second-order valence-electron chi connectivity index (χ2n) is 4.91. The highest BCUT2D eigenvalue weighted by molar-refractivity contribution is 5.04. The summed E-state index contributed by atoms with van der Waals surface area (Å²) < 4.78 is 11.3. The summed E-state index contributed by atoms with van der Waals surface area (Å²) in [7, 11) is 0. The highest BCUT2D eigenvalue weighted by Gasteiger charge is 2.21. The summed E-state index contributed by atoms with van der Waals surface area (Å²) in [6.45, 7) is 7.26. The van der Waals surface area contributed by atoms with Crippen molar-refractivity contribution in [3.8, 4) is 0 Å². The molecule has 0 saturated heterocycles. The minimum Gasteiger partial charge on any atom is -0.467 e. The van der Waals surface area contributed by atoms with Crippen LogP contribution in [-0.4, -0.2) is 12.6 Å². The lowest BCUT2D eigenvalue weighted by Gasteiger charge is -2.21. The first-order chi connectivity index (χ1) is 8.15. The molecular weight excluding hydrogens is 214 g/mol. The molecule has 2 unspecified atom stereocenters. The molecule has 1 aromatic rings. The Hall–Kier alpha value is -0.800. The van der Waals surface area contributed by atoms with Gasteiger partial charge < -0.3 is 14.9 Å². The number of rotatable bonds is 8. The average Bonchev–Trinajstić information content (AvgIpc) is 2.81. The number of nitrogens with two attached hydrogens (primary N) is 1. The molecule has 0 saturated carbocycles. The molecule has 0 spiro atoms. The lowest BCUT2D eigenvalue weighted by molar-refractivity contribution is 0.0162. The molecule has 0 aromatic carbocycles. The van der Waals surface area contributed by atoms with E-state index in [1.54, 1.807) is 6.26 Å². The zero-order valence-corrected chi connectivity index (χ0v) is 11.2. The molecule has 17 heavy (non-hydrogen) atoms. The number of hydrogen-bond donors (Lipinski definition) is 1. The van der Waals surface area contributed by atoms with Crippen LogP contribution in [0.4, 0.5) is 0 Å². The normalized spacial score (nSPS) is 15.1. The lowest BCUT2D eigenvalue weighted by atomic mass is 10.1. The minimum absolute atomic E-state index is 0.000185. The predicted octanol–water partition coefficient (Wildman–Crippen LogP) is 3.51. The van der Waals surface area contributed by atoms with Gasteiger partial charge in [-0.25, -0.2) is 0 Å². The first-order valence-corrected chi connectivity index (χ1v) is 6.55. The van der Waals surface area contributed by atoms with Gasteiger partial charge in [-0.1, -0.05) is 20.8 Å². The third-order valence-corrected chi connectivity index (χ3v) is 2.91. The Morgan fingerprint density at radius 3 is 2.71 bits per heavy atom. The molecule has 0 radical (unpaired) electrons. The van der Waals surface area contributed by atoms with Gasteiger partial charge in [0.25, 0.3) is 0 Å². The van der Waals surface area contributed by atoms with Crippen molar-refractivity contribution in [3.63, 3.8) is 0 Å². The fraction of sp³-hybridized carbons (Fsp3) is 0.714. The Balaban J connectivity index is 2.42. The maximum Gasteiger partial charge on any atom is 0.134 e. The van der Waals surface area contributed by atoms with Gasteiger partial charge in [-0.05, 0) is 37.3 Å². The highest BCUT2D eigenvalue weighted by Crippen LogP contribution is 2.23. The summed E-state index contributed by atoms with van der Waals surface area (Å²) in [5, 5.41) is 0. The van der Waals surface area contributed by atoms with Crippen LogP contribution in [0.5, 0.6) is 0 Å². The van der Waals surface area contributed by atoms with Crippen molar-refractivity contribution in [2.75, 3.05) is 6.61 Å². The summed E-state index contributed by atoms with van der Waals surface area (Å²) in [5.41, 5.74) is 6.07. The van der Waals surface area contributed by atoms with Crippen molar-refractivity contribution in [1.82, 2.24) is 0 Å². The fourth-order valence-corrected chi connectivity index (χ4v) is 1.79. The van der Waals surface area contributed by atoms with Gasteiger partial charge >= 0.3 is 0 Å². The Morgan fingerprint density at radius 1 is 1.41 bits per heavy atom. The zero-order chi connectivity index (χ0) is 12.7. The zero-order valence-electron chi connectivity index (χ0n) is 11.2. The number of ether oxygens (including phenoxy) is 1. The first-order valence-electron chi connectivity index (χ1n) is 6.55. The molecule has 0 aliphatic heterocycles. The van der Waals surface area contributed by atoms with Crippen molar-refractivity contribution in [2.24, 2.45) is 11.7 Å². The van der Waals surface area contributed by atoms with Crippen molar-refractivity contribution in [2.45, 2.75) is 52.2 Å².